The van der Waals surface area contributed by atoms with Crippen LogP contribution in [-0.4, -0.2) is 0 Å². The van der Waals surface area contributed by atoms with Crippen molar-refractivity contribution in [2.45, 2.75) is 40.5 Å². The zero-order valence-electron chi connectivity index (χ0n) is 7.20. The van der Waals surface area contributed by atoms with Crippen molar-refractivity contribution in [1.29, 1.82) is 0 Å². The van der Waals surface area contributed by atoms with Crippen molar-refractivity contribution in [3.05, 3.63) is 5.92 Å². The fourth-order valence-corrected chi connectivity index (χ4v) is 0.683. The van der Waals surface area contributed by atoms with Crippen molar-refractivity contribution in [2.75, 3.05) is 0 Å². The van der Waals surface area contributed by atoms with Gasteiger partial charge >= 0.3 is 0 Å². The summed E-state index contributed by atoms with van der Waals surface area (Å²) in [5.41, 5.74) is 0. The van der Waals surface area contributed by atoms with Crippen LogP contribution in [0, 0.1) is 11.8 Å². The van der Waals surface area contributed by atoms with Gasteiger partial charge in [-0.1, -0.05) is 27.2 Å². The van der Waals surface area contributed by atoms with E-state index in [1.54, 1.807) is 5.92 Å². The Hall–Kier alpha value is 0.623. The van der Waals surface area contributed by atoms with Crippen molar-refractivity contribution in [3.8, 4) is 0 Å². The smallest absolute Gasteiger partial charge is 0 e. The summed E-state index contributed by atoms with van der Waals surface area (Å²) >= 11 is 0. The van der Waals surface area contributed by atoms with Crippen molar-refractivity contribution in [3.63, 3.8) is 0 Å². The van der Waals surface area contributed by atoms with Gasteiger partial charge < -0.3 is 5.92 Å². The van der Waals surface area contributed by atoms with E-state index in [4.69, 9.17) is 0 Å². The molecule has 52 valence electrons. The molecule has 0 aliphatic rings. The Balaban J connectivity index is 0. The summed E-state index contributed by atoms with van der Waals surface area (Å²) in [7, 11) is 0. The van der Waals surface area contributed by atoms with Gasteiger partial charge in [0.05, 0.1) is 0 Å². The van der Waals surface area contributed by atoms with E-state index in [-0.39, 0.29) is 19.5 Å². The van der Waals surface area contributed by atoms with Gasteiger partial charge in [-0.25, -0.2) is 0 Å². The van der Waals surface area contributed by atoms with E-state index in [2.05, 4.69) is 27.7 Å². The molecule has 0 heterocycles. The standard InChI is InChI=1S/C8H17.Zn/c1-5-6-8(4)7(2)3;/h7H,5-6H2,1-4H3;/q-1;. The summed E-state index contributed by atoms with van der Waals surface area (Å²) < 4.78 is 0. The molecular weight excluding hydrogens is 161 g/mol. The Labute approximate surface area is 72.2 Å². The molecule has 0 aromatic heterocycles. The van der Waals surface area contributed by atoms with Crippen LogP contribution in [0.4, 0.5) is 0 Å². The third-order valence-corrected chi connectivity index (χ3v) is 1.63. The van der Waals surface area contributed by atoms with Gasteiger partial charge in [-0.3, -0.25) is 0 Å². The molecule has 0 radical (unpaired) electrons. The molecule has 0 bridgehead atoms. The van der Waals surface area contributed by atoms with Gasteiger partial charge in [0.15, 0.2) is 0 Å². The first-order valence-corrected chi connectivity index (χ1v) is 3.50. The van der Waals surface area contributed by atoms with Crippen LogP contribution in [0.1, 0.15) is 40.5 Å². The molecule has 0 nitrogen and oxygen atoms in total. The van der Waals surface area contributed by atoms with E-state index in [1.165, 1.54) is 12.8 Å². The SMILES string of the molecule is CCC[C-](C)C(C)C.[Zn]. The van der Waals surface area contributed by atoms with Crippen LogP contribution in [-0.2, 0) is 19.5 Å². The Morgan fingerprint density at radius 1 is 1.33 bits per heavy atom. The van der Waals surface area contributed by atoms with Crippen molar-refractivity contribution in [1.82, 2.24) is 0 Å². The van der Waals surface area contributed by atoms with Gasteiger partial charge in [0, 0.05) is 19.5 Å². The molecule has 0 atom stereocenters. The van der Waals surface area contributed by atoms with Crippen molar-refractivity contribution in [2.24, 2.45) is 5.92 Å². The van der Waals surface area contributed by atoms with E-state index in [9.17, 15) is 0 Å². The predicted molar refractivity (Wildman–Crippen MR) is 38.7 cm³/mol. The van der Waals surface area contributed by atoms with Crippen LogP contribution in [0.25, 0.3) is 0 Å². The van der Waals surface area contributed by atoms with Crippen LogP contribution < -0.4 is 0 Å². The van der Waals surface area contributed by atoms with Crippen molar-refractivity contribution < 1.29 is 19.5 Å². The normalized spacial score (nSPS) is 10.0. The molecular formula is C8H17Zn-. The average molecular weight is 179 g/mol. The number of hydrogen-bond acceptors (Lipinski definition) is 0. The summed E-state index contributed by atoms with van der Waals surface area (Å²) in [5, 5.41) is 0. The third-order valence-electron chi connectivity index (χ3n) is 1.63. The van der Waals surface area contributed by atoms with Crippen LogP contribution in [0.3, 0.4) is 0 Å². The summed E-state index contributed by atoms with van der Waals surface area (Å²) in [6, 6.07) is 0. The molecule has 0 saturated heterocycles. The minimum atomic E-state index is 0. The minimum absolute atomic E-state index is 0. The zero-order chi connectivity index (χ0) is 6.57. The first-order valence-electron chi connectivity index (χ1n) is 3.50. The fourth-order valence-electron chi connectivity index (χ4n) is 0.683. The Kier molecular flexibility index (Phi) is 9.22. The molecule has 9 heavy (non-hydrogen) atoms. The van der Waals surface area contributed by atoms with E-state index in [0.717, 1.165) is 5.92 Å². The zero-order valence-corrected chi connectivity index (χ0v) is 10.2. The van der Waals surface area contributed by atoms with E-state index >= 15 is 0 Å². The minimum Gasteiger partial charge on any atom is -0.314 e. The van der Waals surface area contributed by atoms with Gasteiger partial charge in [0.25, 0.3) is 0 Å². The Morgan fingerprint density at radius 2 is 1.78 bits per heavy atom. The van der Waals surface area contributed by atoms with Gasteiger partial charge in [-0.2, -0.15) is 19.3 Å². The van der Waals surface area contributed by atoms with Crippen LogP contribution in [0.2, 0.25) is 0 Å². The Morgan fingerprint density at radius 3 is 1.89 bits per heavy atom. The molecule has 0 amide bonds. The van der Waals surface area contributed by atoms with E-state index in [1.807, 2.05) is 0 Å². The summed E-state index contributed by atoms with van der Waals surface area (Å²) in [6.07, 6.45) is 2.60. The quantitative estimate of drug-likeness (QED) is 0.460. The largest absolute Gasteiger partial charge is 0.314 e. The maximum Gasteiger partial charge on any atom is 0 e. The monoisotopic (exact) mass is 177 g/mol. The predicted octanol–water partition coefficient (Wildman–Crippen LogP) is 3.03. The molecule has 0 saturated carbocycles. The maximum absolute atomic E-state index is 2.25. The summed E-state index contributed by atoms with van der Waals surface area (Å²) in [5.74, 6) is 2.42. The molecule has 0 aliphatic heterocycles. The molecule has 0 unspecified atom stereocenters. The number of hydrogen-bond donors (Lipinski definition) is 0. The second kappa shape index (κ2) is 6.74. The van der Waals surface area contributed by atoms with Gasteiger partial charge in [-0.15, -0.1) is 0 Å². The molecule has 0 rings (SSSR count). The van der Waals surface area contributed by atoms with E-state index < -0.39 is 0 Å². The molecule has 1 heteroatoms. The second-order valence-corrected chi connectivity index (χ2v) is 2.75. The van der Waals surface area contributed by atoms with Gasteiger partial charge in [-0.05, 0) is 0 Å². The second-order valence-electron chi connectivity index (χ2n) is 2.75. The van der Waals surface area contributed by atoms with Crippen LogP contribution in [0.5, 0.6) is 0 Å². The Bertz CT molecular complexity index is 50.5. The van der Waals surface area contributed by atoms with Gasteiger partial charge in [0.2, 0.25) is 0 Å². The fraction of sp³-hybridized carbons (Fsp3) is 0.875. The third kappa shape index (κ3) is 6.51. The molecule has 0 aromatic rings. The van der Waals surface area contributed by atoms with Crippen molar-refractivity contribution >= 4 is 0 Å². The molecule has 0 aromatic carbocycles. The van der Waals surface area contributed by atoms with Crippen LogP contribution in [0.15, 0.2) is 0 Å². The molecule has 0 spiro atoms. The maximum atomic E-state index is 2.25. The molecule has 0 aliphatic carbocycles. The van der Waals surface area contributed by atoms with Gasteiger partial charge in [0.1, 0.15) is 0 Å². The van der Waals surface area contributed by atoms with Crippen LogP contribution >= 0.6 is 0 Å². The topological polar surface area (TPSA) is 0 Å². The van der Waals surface area contributed by atoms with E-state index in [0.29, 0.717) is 0 Å². The summed E-state index contributed by atoms with van der Waals surface area (Å²) in [6.45, 7) is 8.98. The first kappa shape index (κ1) is 12.3. The summed E-state index contributed by atoms with van der Waals surface area (Å²) in [4.78, 5) is 0. The average Bonchev–Trinajstić information content (AvgIpc) is 1.67. The first-order chi connectivity index (χ1) is 3.68. The molecule has 0 fully saturated rings. The molecule has 0 N–H and O–H groups in total. The number of rotatable bonds is 3.